The third-order valence-electron chi connectivity index (χ3n) is 4.45. The number of ether oxygens (including phenoxy) is 2. The number of nitrogen functional groups attached to an aromatic ring is 1. The van der Waals surface area contributed by atoms with Crippen LogP contribution in [0.3, 0.4) is 0 Å². The summed E-state index contributed by atoms with van der Waals surface area (Å²) in [6.45, 7) is 7.74. The minimum Gasteiger partial charge on any atom is -0.492 e. The second-order valence-electron chi connectivity index (χ2n) is 7.29. The maximum Gasteiger partial charge on any atom is 0.410 e. The molecule has 0 aromatic heterocycles. The summed E-state index contributed by atoms with van der Waals surface area (Å²) >= 11 is 0. The molecule has 1 amide bonds. The van der Waals surface area contributed by atoms with Crippen LogP contribution in [-0.4, -0.2) is 36.3 Å². The van der Waals surface area contributed by atoms with Gasteiger partial charge in [-0.1, -0.05) is 6.07 Å². The van der Waals surface area contributed by atoms with E-state index in [1.165, 1.54) is 5.56 Å². The Bertz CT molecular complexity index is 584. The van der Waals surface area contributed by atoms with Gasteiger partial charge in [-0.15, -0.1) is 0 Å². The summed E-state index contributed by atoms with van der Waals surface area (Å²) in [6, 6.07) is 5.89. The van der Waals surface area contributed by atoms with E-state index in [1.807, 2.05) is 32.9 Å². The first-order valence-corrected chi connectivity index (χ1v) is 7.80. The van der Waals surface area contributed by atoms with Crippen molar-refractivity contribution in [1.29, 1.82) is 0 Å². The highest BCUT2D eigenvalue weighted by molar-refractivity contribution is 5.68. The van der Waals surface area contributed by atoms with Crippen LogP contribution in [0.5, 0.6) is 5.75 Å². The molecule has 1 spiro atoms. The predicted molar refractivity (Wildman–Crippen MR) is 85.1 cm³/mol. The Labute approximate surface area is 131 Å². The van der Waals surface area contributed by atoms with Crippen molar-refractivity contribution in [3.05, 3.63) is 23.8 Å². The second kappa shape index (κ2) is 5.07. The maximum atomic E-state index is 12.2. The van der Waals surface area contributed by atoms with E-state index in [2.05, 4.69) is 6.07 Å². The molecule has 0 atom stereocenters. The first-order chi connectivity index (χ1) is 10.3. The molecule has 1 saturated heterocycles. The van der Waals surface area contributed by atoms with Crippen LogP contribution in [0.1, 0.15) is 39.2 Å². The topological polar surface area (TPSA) is 64.8 Å². The molecule has 120 valence electrons. The van der Waals surface area contributed by atoms with E-state index < -0.39 is 5.60 Å². The Morgan fingerprint density at radius 3 is 2.64 bits per heavy atom. The first-order valence-electron chi connectivity index (χ1n) is 7.80. The molecule has 2 heterocycles. The lowest BCUT2D eigenvalue weighted by Crippen LogP contribution is -2.47. The van der Waals surface area contributed by atoms with Crippen LogP contribution in [0.2, 0.25) is 0 Å². The number of benzene rings is 1. The fraction of sp³-hybridized carbons (Fsp3) is 0.588. The van der Waals surface area contributed by atoms with Crippen LogP contribution in [-0.2, 0) is 10.2 Å². The Balaban J connectivity index is 1.69. The molecular formula is C17H24N2O3. The number of piperidine rings is 1. The largest absolute Gasteiger partial charge is 0.492 e. The third-order valence-corrected chi connectivity index (χ3v) is 4.45. The molecule has 0 unspecified atom stereocenters. The number of carbonyl (C=O) groups is 1. The van der Waals surface area contributed by atoms with Crippen molar-refractivity contribution in [2.45, 2.75) is 44.6 Å². The van der Waals surface area contributed by atoms with Gasteiger partial charge in [0.15, 0.2) is 0 Å². The fourth-order valence-electron chi connectivity index (χ4n) is 3.25. The Kier molecular flexibility index (Phi) is 3.46. The first kappa shape index (κ1) is 15.0. The van der Waals surface area contributed by atoms with Gasteiger partial charge in [-0.3, -0.25) is 0 Å². The van der Waals surface area contributed by atoms with Gasteiger partial charge >= 0.3 is 6.09 Å². The standard InChI is InChI=1S/C17H24N2O3/c1-16(2,3)22-15(20)19-8-6-17(7-9-19)11-21-14-10-12(18)4-5-13(14)17/h4-5,10H,6-9,11,18H2,1-3H3. The van der Waals surface area contributed by atoms with E-state index in [-0.39, 0.29) is 11.5 Å². The van der Waals surface area contributed by atoms with E-state index in [0.717, 1.165) is 24.3 Å². The number of nitrogens with zero attached hydrogens (tertiary/aromatic N) is 1. The van der Waals surface area contributed by atoms with E-state index in [1.54, 1.807) is 4.90 Å². The van der Waals surface area contributed by atoms with Gasteiger partial charge in [0.05, 0.1) is 6.61 Å². The quantitative estimate of drug-likeness (QED) is 0.748. The van der Waals surface area contributed by atoms with Crippen molar-refractivity contribution < 1.29 is 14.3 Å². The van der Waals surface area contributed by atoms with Crippen molar-refractivity contribution in [2.24, 2.45) is 0 Å². The molecule has 0 aliphatic carbocycles. The smallest absolute Gasteiger partial charge is 0.410 e. The lowest BCUT2D eigenvalue weighted by atomic mass is 9.74. The van der Waals surface area contributed by atoms with Gasteiger partial charge in [0.25, 0.3) is 0 Å². The molecule has 2 aliphatic rings. The molecule has 0 saturated carbocycles. The zero-order valence-corrected chi connectivity index (χ0v) is 13.5. The molecule has 0 bridgehead atoms. The van der Waals surface area contributed by atoms with Crippen molar-refractivity contribution in [3.63, 3.8) is 0 Å². The number of likely N-dealkylation sites (tertiary alicyclic amines) is 1. The van der Waals surface area contributed by atoms with Crippen LogP contribution < -0.4 is 10.5 Å². The van der Waals surface area contributed by atoms with Crippen LogP contribution in [0.15, 0.2) is 18.2 Å². The summed E-state index contributed by atoms with van der Waals surface area (Å²) in [5.74, 6) is 0.894. The summed E-state index contributed by atoms with van der Waals surface area (Å²) in [7, 11) is 0. The number of anilines is 1. The number of carbonyl (C=O) groups excluding carboxylic acids is 1. The van der Waals surface area contributed by atoms with Gasteiger partial charge in [0.2, 0.25) is 0 Å². The number of rotatable bonds is 0. The van der Waals surface area contributed by atoms with Gasteiger partial charge in [0, 0.05) is 35.8 Å². The number of nitrogens with two attached hydrogens (primary N) is 1. The van der Waals surface area contributed by atoms with Gasteiger partial charge in [0.1, 0.15) is 11.4 Å². The summed E-state index contributed by atoms with van der Waals surface area (Å²) in [5, 5.41) is 0. The van der Waals surface area contributed by atoms with E-state index in [9.17, 15) is 4.79 Å². The second-order valence-corrected chi connectivity index (χ2v) is 7.29. The Morgan fingerprint density at radius 2 is 2.00 bits per heavy atom. The zero-order chi connectivity index (χ0) is 16.0. The monoisotopic (exact) mass is 304 g/mol. The Morgan fingerprint density at radius 1 is 1.32 bits per heavy atom. The molecule has 2 aliphatic heterocycles. The van der Waals surface area contributed by atoms with Crippen molar-refractivity contribution in [2.75, 3.05) is 25.4 Å². The number of hydrogen-bond donors (Lipinski definition) is 1. The van der Waals surface area contributed by atoms with Crippen molar-refractivity contribution in [1.82, 2.24) is 4.90 Å². The number of amides is 1. The third kappa shape index (κ3) is 2.72. The van der Waals surface area contributed by atoms with E-state index in [0.29, 0.717) is 19.7 Å². The van der Waals surface area contributed by atoms with Crippen LogP contribution >= 0.6 is 0 Å². The highest BCUT2D eigenvalue weighted by Gasteiger charge is 2.44. The van der Waals surface area contributed by atoms with Crippen molar-refractivity contribution >= 4 is 11.8 Å². The molecule has 1 fully saturated rings. The summed E-state index contributed by atoms with van der Waals surface area (Å²) in [5.41, 5.74) is 7.34. The van der Waals surface area contributed by atoms with Gasteiger partial charge in [-0.2, -0.15) is 0 Å². The maximum absolute atomic E-state index is 12.2. The lowest BCUT2D eigenvalue weighted by molar-refractivity contribution is 0.0152. The summed E-state index contributed by atoms with van der Waals surface area (Å²) < 4.78 is 11.3. The van der Waals surface area contributed by atoms with Crippen LogP contribution in [0.25, 0.3) is 0 Å². The SMILES string of the molecule is CC(C)(C)OC(=O)N1CCC2(CC1)COc1cc(N)ccc12. The molecule has 5 nitrogen and oxygen atoms in total. The number of fused-ring (bicyclic) bond motifs is 2. The van der Waals surface area contributed by atoms with Gasteiger partial charge in [-0.05, 0) is 39.7 Å². The van der Waals surface area contributed by atoms with E-state index in [4.69, 9.17) is 15.2 Å². The molecular weight excluding hydrogens is 280 g/mol. The zero-order valence-electron chi connectivity index (χ0n) is 13.5. The molecule has 2 N–H and O–H groups in total. The van der Waals surface area contributed by atoms with Crippen LogP contribution in [0, 0.1) is 0 Å². The van der Waals surface area contributed by atoms with Crippen LogP contribution in [0.4, 0.5) is 10.5 Å². The molecule has 0 radical (unpaired) electrons. The summed E-state index contributed by atoms with van der Waals surface area (Å²) in [4.78, 5) is 14.0. The Hall–Kier alpha value is -1.91. The predicted octanol–water partition coefficient (Wildman–Crippen LogP) is 2.93. The minimum atomic E-state index is -0.452. The van der Waals surface area contributed by atoms with Gasteiger partial charge < -0.3 is 20.1 Å². The van der Waals surface area contributed by atoms with Gasteiger partial charge in [-0.25, -0.2) is 4.79 Å². The highest BCUT2D eigenvalue weighted by Crippen LogP contribution is 2.46. The fourth-order valence-corrected chi connectivity index (χ4v) is 3.25. The molecule has 1 aromatic carbocycles. The highest BCUT2D eigenvalue weighted by atomic mass is 16.6. The number of hydrogen-bond acceptors (Lipinski definition) is 4. The molecule has 22 heavy (non-hydrogen) atoms. The molecule has 1 aromatic rings. The average molecular weight is 304 g/mol. The molecule has 5 heteroatoms. The minimum absolute atomic E-state index is 0.0154. The normalized spacial score (nSPS) is 19.7. The average Bonchev–Trinajstić information content (AvgIpc) is 2.76. The lowest BCUT2D eigenvalue weighted by Gasteiger charge is -2.38. The molecule has 3 rings (SSSR count). The van der Waals surface area contributed by atoms with Crippen molar-refractivity contribution in [3.8, 4) is 5.75 Å². The summed E-state index contributed by atoms with van der Waals surface area (Å²) in [6.07, 6.45) is 1.56. The van der Waals surface area contributed by atoms with E-state index >= 15 is 0 Å².